The van der Waals surface area contributed by atoms with Gasteiger partial charge in [0.2, 0.25) is 5.91 Å². The van der Waals surface area contributed by atoms with Crippen molar-refractivity contribution in [3.05, 3.63) is 35.5 Å². The van der Waals surface area contributed by atoms with Gasteiger partial charge in [0.25, 0.3) is 0 Å². The van der Waals surface area contributed by atoms with Crippen molar-refractivity contribution in [1.29, 1.82) is 0 Å². The van der Waals surface area contributed by atoms with Crippen molar-refractivity contribution in [2.45, 2.75) is 46.1 Å². The molecule has 1 aliphatic heterocycles. The van der Waals surface area contributed by atoms with Crippen LogP contribution < -0.4 is 0 Å². The molecule has 1 atom stereocenters. The first kappa shape index (κ1) is 14.3. The Kier molecular flexibility index (Phi) is 3.85. The van der Waals surface area contributed by atoms with Crippen molar-refractivity contribution in [1.82, 2.24) is 9.47 Å². The first-order valence-electron chi connectivity index (χ1n) is 7.93. The fraction of sp³-hybridized carbons (Fsp3) is 0.500. The van der Waals surface area contributed by atoms with Crippen LogP contribution in [0.15, 0.2) is 24.3 Å². The second-order valence-corrected chi connectivity index (χ2v) is 6.27. The summed E-state index contributed by atoms with van der Waals surface area (Å²) < 4.78 is 1.91. The monoisotopic (exact) mass is 284 g/mol. The quantitative estimate of drug-likeness (QED) is 0.838. The van der Waals surface area contributed by atoms with Gasteiger partial charge in [-0.1, -0.05) is 24.6 Å². The third-order valence-electron chi connectivity index (χ3n) is 4.96. The molecule has 0 N–H and O–H groups in total. The van der Waals surface area contributed by atoms with Crippen LogP contribution in [-0.4, -0.2) is 34.5 Å². The third kappa shape index (κ3) is 2.51. The van der Waals surface area contributed by atoms with Gasteiger partial charge < -0.3 is 0 Å². The van der Waals surface area contributed by atoms with Crippen molar-refractivity contribution >= 4 is 16.8 Å². The van der Waals surface area contributed by atoms with Gasteiger partial charge in [0.05, 0.1) is 12.1 Å². The van der Waals surface area contributed by atoms with E-state index in [0.29, 0.717) is 12.6 Å². The zero-order valence-electron chi connectivity index (χ0n) is 13.2. The molecule has 112 valence electrons. The van der Waals surface area contributed by atoms with Gasteiger partial charge in [-0.15, -0.1) is 0 Å². The zero-order valence-corrected chi connectivity index (χ0v) is 13.2. The van der Waals surface area contributed by atoms with E-state index in [1.165, 1.54) is 30.2 Å². The van der Waals surface area contributed by atoms with Gasteiger partial charge in [-0.2, -0.15) is 0 Å². The largest absolute Gasteiger partial charge is 0.292 e. The highest BCUT2D eigenvalue weighted by atomic mass is 16.2. The Morgan fingerprint density at radius 3 is 2.76 bits per heavy atom. The summed E-state index contributed by atoms with van der Waals surface area (Å²) in [6.45, 7) is 7.96. The van der Waals surface area contributed by atoms with Gasteiger partial charge in [-0.25, -0.2) is 0 Å². The van der Waals surface area contributed by atoms with E-state index in [0.717, 1.165) is 17.8 Å². The Morgan fingerprint density at radius 1 is 1.24 bits per heavy atom. The molecule has 2 aromatic rings. The molecular formula is C18H24N2O. The smallest absolute Gasteiger partial charge is 0.245 e. The molecule has 0 bridgehead atoms. The summed E-state index contributed by atoms with van der Waals surface area (Å²) in [6.07, 6.45) is 3.70. The average Bonchev–Trinajstić information content (AvgIpc) is 2.74. The van der Waals surface area contributed by atoms with E-state index in [1.54, 1.807) is 0 Å². The molecule has 1 saturated heterocycles. The van der Waals surface area contributed by atoms with E-state index in [1.807, 2.05) is 29.7 Å². The van der Waals surface area contributed by atoms with Crippen molar-refractivity contribution in [2.24, 2.45) is 0 Å². The van der Waals surface area contributed by atoms with Gasteiger partial charge in [0.15, 0.2) is 0 Å². The predicted molar refractivity (Wildman–Crippen MR) is 86.9 cm³/mol. The Morgan fingerprint density at radius 2 is 2.00 bits per heavy atom. The summed E-state index contributed by atoms with van der Waals surface area (Å²) in [5, 5.41) is 1.19. The van der Waals surface area contributed by atoms with Crippen LogP contribution in [0.1, 0.15) is 42.2 Å². The number of carbonyl (C=O) groups is 1. The summed E-state index contributed by atoms with van der Waals surface area (Å²) in [5.74, 6) is 0.200. The van der Waals surface area contributed by atoms with E-state index < -0.39 is 0 Å². The fourth-order valence-electron chi connectivity index (χ4n) is 3.49. The number of piperidine rings is 1. The number of likely N-dealkylation sites (tertiary alicyclic amines) is 1. The number of nitrogens with zero attached hydrogens (tertiary/aromatic N) is 2. The van der Waals surface area contributed by atoms with Crippen LogP contribution >= 0.6 is 0 Å². The Balaban J connectivity index is 1.93. The fourth-order valence-corrected chi connectivity index (χ4v) is 3.49. The normalized spacial score (nSPS) is 20.0. The highest BCUT2D eigenvalue weighted by Crippen LogP contribution is 2.25. The summed E-state index contributed by atoms with van der Waals surface area (Å²) in [6, 6.07) is 8.72. The van der Waals surface area contributed by atoms with Crippen LogP contribution in [0.25, 0.3) is 10.9 Å². The number of hydrogen-bond acceptors (Lipinski definition) is 2. The average molecular weight is 284 g/mol. The number of hydrogen-bond donors (Lipinski definition) is 0. The van der Waals surface area contributed by atoms with Gasteiger partial charge in [0, 0.05) is 17.1 Å². The minimum absolute atomic E-state index is 0.200. The maximum Gasteiger partial charge on any atom is 0.245 e. The molecule has 0 radical (unpaired) electrons. The first-order valence-corrected chi connectivity index (χ1v) is 7.93. The number of aryl methyl sites for hydroxylation is 1. The number of para-hydroxylation sites is 1. The Labute approximate surface area is 126 Å². The Hall–Kier alpha value is -1.61. The molecule has 0 saturated carbocycles. The molecule has 1 aromatic heterocycles. The molecule has 0 aliphatic carbocycles. The summed E-state index contributed by atoms with van der Waals surface area (Å²) in [4.78, 5) is 15.2. The van der Waals surface area contributed by atoms with Crippen molar-refractivity contribution in [3.63, 3.8) is 0 Å². The van der Waals surface area contributed by atoms with Crippen LogP contribution in [-0.2, 0) is 0 Å². The van der Waals surface area contributed by atoms with Crippen LogP contribution in [0.4, 0.5) is 0 Å². The SMILES string of the molecule is Cc1c(C)n(C(=O)CN2CCCC[C@H]2C)c2ccccc12. The van der Waals surface area contributed by atoms with Gasteiger partial charge in [-0.3, -0.25) is 14.3 Å². The van der Waals surface area contributed by atoms with Crippen LogP contribution in [0.2, 0.25) is 0 Å². The number of aromatic nitrogens is 1. The zero-order chi connectivity index (χ0) is 15.0. The van der Waals surface area contributed by atoms with E-state index in [-0.39, 0.29) is 5.91 Å². The number of fused-ring (bicyclic) bond motifs is 1. The molecule has 3 nitrogen and oxygen atoms in total. The Bertz CT molecular complexity index is 671. The predicted octanol–water partition coefficient (Wildman–Crippen LogP) is 3.77. The van der Waals surface area contributed by atoms with Gasteiger partial charge in [0.1, 0.15) is 0 Å². The van der Waals surface area contributed by atoms with Gasteiger partial charge in [-0.05, 0) is 51.8 Å². The topological polar surface area (TPSA) is 25.2 Å². The summed E-state index contributed by atoms with van der Waals surface area (Å²) in [5.41, 5.74) is 3.33. The molecule has 1 fully saturated rings. The third-order valence-corrected chi connectivity index (χ3v) is 4.96. The lowest BCUT2D eigenvalue weighted by Gasteiger charge is -2.32. The molecule has 3 rings (SSSR count). The lowest BCUT2D eigenvalue weighted by atomic mass is 10.0. The van der Waals surface area contributed by atoms with Crippen molar-refractivity contribution in [2.75, 3.05) is 13.1 Å². The molecular weight excluding hydrogens is 260 g/mol. The summed E-state index contributed by atoms with van der Waals surface area (Å²) >= 11 is 0. The van der Waals surface area contributed by atoms with E-state index in [9.17, 15) is 4.79 Å². The van der Waals surface area contributed by atoms with E-state index >= 15 is 0 Å². The summed E-state index contributed by atoms with van der Waals surface area (Å²) in [7, 11) is 0. The minimum Gasteiger partial charge on any atom is -0.292 e. The lowest BCUT2D eigenvalue weighted by Crippen LogP contribution is -2.42. The van der Waals surface area contributed by atoms with Gasteiger partial charge >= 0.3 is 0 Å². The molecule has 0 amide bonds. The molecule has 0 unspecified atom stereocenters. The second-order valence-electron chi connectivity index (χ2n) is 6.27. The highest BCUT2D eigenvalue weighted by Gasteiger charge is 2.23. The van der Waals surface area contributed by atoms with E-state index in [2.05, 4.69) is 24.8 Å². The number of benzene rings is 1. The molecule has 1 aromatic carbocycles. The van der Waals surface area contributed by atoms with Crippen LogP contribution in [0.5, 0.6) is 0 Å². The highest BCUT2D eigenvalue weighted by molar-refractivity contribution is 5.96. The molecule has 3 heteroatoms. The minimum atomic E-state index is 0.200. The molecule has 21 heavy (non-hydrogen) atoms. The maximum atomic E-state index is 12.8. The second kappa shape index (κ2) is 5.64. The maximum absolute atomic E-state index is 12.8. The van der Waals surface area contributed by atoms with E-state index in [4.69, 9.17) is 0 Å². The standard InChI is InChI=1S/C18H24N2O/c1-13-8-6-7-11-19(13)12-18(21)20-15(3)14(2)16-9-4-5-10-17(16)20/h4-5,9-10,13H,6-8,11-12H2,1-3H3/t13-/m1/s1. The van der Waals surface area contributed by atoms with Crippen molar-refractivity contribution < 1.29 is 4.79 Å². The molecule has 0 spiro atoms. The number of carbonyl (C=O) groups excluding carboxylic acids is 1. The van der Waals surface area contributed by atoms with Crippen LogP contribution in [0, 0.1) is 13.8 Å². The van der Waals surface area contributed by atoms with Crippen LogP contribution in [0.3, 0.4) is 0 Å². The van der Waals surface area contributed by atoms with Crippen molar-refractivity contribution in [3.8, 4) is 0 Å². The number of rotatable bonds is 2. The molecule has 1 aliphatic rings. The lowest BCUT2D eigenvalue weighted by molar-refractivity contribution is 0.0782. The first-order chi connectivity index (χ1) is 10.1. The molecule has 2 heterocycles.